The van der Waals surface area contributed by atoms with E-state index in [-0.39, 0.29) is 47.2 Å². The summed E-state index contributed by atoms with van der Waals surface area (Å²) in [6, 6.07) is 118. The fourth-order valence-electron chi connectivity index (χ4n) is 22.7. The lowest BCUT2D eigenvalue weighted by Crippen LogP contribution is -2.62. The largest absolute Gasteiger partial charge is 0.311 e. The summed E-state index contributed by atoms with van der Waals surface area (Å²) < 4.78 is 0. The molecule has 15 aromatic rings. The van der Waals surface area contributed by atoms with Crippen LogP contribution in [-0.2, 0) is 32.5 Å². The normalized spacial score (nSPS) is 14.8. The van der Waals surface area contributed by atoms with Crippen molar-refractivity contribution in [2.24, 2.45) is 0 Å². The standard InChI is InChI=1S/C123H129B3N6Si2/c1-76-28-42-89(43-29-76)127-103-61-39-83(120(12,13)14)70-100(103)125-98-59-37-87(74-107(98)131(113-68-78(3)64-109(127)115(113)125)93-50-54-95(55-51-93)133(22,23)24)123(21,86-36-58-97-106(73-86)130(90-44-30-77(2)31-45-90)112-67-79(4)65-110-116(112)124(97)101-71-84(121(15,16)17)40-62-104(101)128(110)91-46-32-81(33-47-91)118(6,7)8)88-38-60-99-108(75-88)132(94-52-56-96(57-53-94)134(25,26)27)114-69-80(5)66-111-117(114)126(99)102-72-85(122(18,19)20)41-63-105(102)129(111)92-48-34-82(35-49-92)119(9,10)11/h28-75H,1-27H3. The lowest BCUT2D eigenvalue weighted by atomic mass is 9.33. The molecule has 1 atom stereocenters. The van der Waals surface area contributed by atoms with Crippen LogP contribution in [-0.4, -0.2) is 36.3 Å². The Morgan fingerprint density at radius 1 is 0.179 bits per heavy atom. The molecule has 6 heterocycles. The second kappa shape index (κ2) is 30.9. The van der Waals surface area contributed by atoms with Crippen LogP contribution in [0.3, 0.4) is 0 Å². The van der Waals surface area contributed by atoms with E-state index in [0.717, 1.165) is 34.1 Å². The molecule has 21 rings (SSSR count). The molecular weight excluding hydrogens is 1650 g/mol. The van der Waals surface area contributed by atoms with Gasteiger partial charge in [-0.15, -0.1) is 0 Å². The molecule has 0 aromatic heterocycles. The third-order valence-corrected chi connectivity index (χ3v) is 34.7. The van der Waals surface area contributed by atoms with Crippen molar-refractivity contribution >= 4 is 198 Å². The Bertz CT molecular complexity index is 7280. The Hall–Kier alpha value is -12.3. The molecule has 134 heavy (non-hydrogen) atoms. The predicted molar refractivity (Wildman–Crippen MR) is 590 cm³/mol. The van der Waals surface area contributed by atoms with Crippen molar-refractivity contribution < 1.29 is 0 Å². The molecule has 15 aromatic carbocycles. The first kappa shape index (κ1) is 88.3. The number of rotatable bonds is 11. The fourth-order valence-corrected chi connectivity index (χ4v) is 25.1. The Balaban J connectivity index is 0.870. The number of anilines is 18. The quantitative estimate of drug-likeness (QED) is 0.0943. The maximum atomic E-state index is 2.69. The summed E-state index contributed by atoms with van der Waals surface area (Å²) in [5.41, 5.74) is 48.1. The highest BCUT2D eigenvalue weighted by molar-refractivity contribution is 7.02. The van der Waals surface area contributed by atoms with E-state index in [2.05, 4.69) is 505 Å². The Kier molecular flexibility index (Phi) is 20.4. The molecule has 0 aliphatic carbocycles. The van der Waals surface area contributed by atoms with Gasteiger partial charge in [0.25, 0.3) is 20.1 Å². The summed E-state index contributed by atoms with van der Waals surface area (Å²) in [7, 11) is -3.57. The highest BCUT2D eigenvalue weighted by Crippen LogP contribution is 2.54. The molecule has 0 amide bonds. The van der Waals surface area contributed by atoms with E-state index in [0.29, 0.717) is 0 Å². The van der Waals surface area contributed by atoms with Crippen LogP contribution in [0.4, 0.5) is 102 Å². The molecule has 6 nitrogen and oxygen atoms in total. The fraction of sp³-hybridized carbons (Fsp3) is 0.268. The number of benzene rings is 15. The van der Waals surface area contributed by atoms with Gasteiger partial charge in [0.15, 0.2) is 0 Å². The smallest absolute Gasteiger partial charge is 0.252 e. The topological polar surface area (TPSA) is 19.4 Å². The Morgan fingerprint density at radius 2 is 0.381 bits per heavy atom. The molecule has 6 aliphatic rings. The summed E-state index contributed by atoms with van der Waals surface area (Å²) >= 11 is 0. The molecule has 0 fully saturated rings. The van der Waals surface area contributed by atoms with Crippen LogP contribution in [0.15, 0.2) is 291 Å². The summed E-state index contributed by atoms with van der Waals surface area (Å²) in [5.74, 6) is 0. The van der Waals surface area contributed by atoms with E-state index in [4.69, 9.17) is 0 Å². The third kappa shape index (κ3) is 14.5. The zero-order valence-corrected chi connectivity index (χ0v) is 86.1. The van der Waals surface area contributed by atoms with Crippen LogP contribution in [0.5, 0.6) is 0 Å². The lowest BCUT2D eigenvalue weighted by Gasteiger charge is -2.46. The van der Waals surface area contributed by atoms with Gasteiger partial charge in [-0.25, -0.2) is 0 Å². The van der Waals surface area contributed by atoms with Crippen LogP contribution in [0.2, 0.25) is 39.3 Å². The van der Waals surface area contributed by atoms with Crippen molar-refractivity contribution in [3.8, 4) is 0 Å². The van der Waals surface area contributed by atoms with E-state index in [9.17, 15) is 0 Å². The maximum Gasteiger partial charge on any atom is 0.252 e. The summed E-state index contributed by atoms with van der Waals surface area (Å²) in [6.07, 6.45) is 0. The van der Waals surface area contributed by atoms with Crippen LogP contribution >= 0.6 is 0 Å². The zero-order valence-electron chi connectivity index (χ0n) is 84.1. The summed E-state index contributed by atoms with van der Waals surface area (Å²) in [6.45, 7) is 63.8. The first-order chi connectivity index (χ1) is 63.3. The van der Waals surface area contributed by atoms with Gasteiger partial charge >= 0.3 is 0 Å². The van der Waals surface area contributed by atoms with Crippen LogP contribution in [0.25, 0.3) is 0 Å². The molecular formula is C123H129B3N6Si2. The van der Waals surface area contributed by atoms with Gasteiger partial charge in [0.1, 0.15) is 0 Å². The number of nitrogens with zero attached hydrogens (tertiary/aromatic N) is 6. The Labute approximate surface area is 802 Å². The summed E-state index contributed by atoms with van der Waals surface area (Å²) in [5, 5.41) is 2.87. The zero-order chi connectivity index (χ0) is 94.4. The van der Waals surface area contributed by atoms with Crippen LogP contribution in [0, 0.1) is 34.6 Å². The van der Waals surface area contributed by atoms with Gasteiger partial charge in [0.05, 0.1) is 16.1 Å². The van der Waals surface area contributed by atoms with Crippen molar-refractivity contribution in [2.75, 3.05) is 29.4 Å². The van der Waals surface area contributed by atoms with Crippen molar-refractivity contribution in [1.29, 1.82) is 0 Å². The maximum absolute atomic E-state index is 2.69. The molecule has 1 unspecified atom stereocenters. The van der Waals surface area contributed by atoms with Crippen molar-refractivity contribution in [3.05, 3.63) is 364 Å². The molecule has 668 valence electrons. The average Bonchev–Trinajstić information content (AvgIpc) is 0.689. The third-order valence-electron chi connectivity index (χ3n) is 30.5. The van der Waals surface area contributed by atoms with Gasteiger partial charge < -0.3 is 29.4 Å². The molecule has 0 N–H and O–H groups in total. The Morgan fingerprint density at radius 3 is 0.604 bits per heavy atom. The van der Waals surface area contributed by atoms with Gasteiger partial charge in [-0.05, 0) is 325 Å². The minimum atomic E-state index is -1.79. The SMILES string of the molecule is Cc1ccc(N2c3ccc(C(C)(C)C)cc3B3c4ccc(C(C)(c5ccc6c(c5)N(c5ccc(C)cc5)c5cc(C)cc7c5B6c5cc(C(C)(C)C)ccc5N7c5ccc(C(C)(C)C)cc5)c5ccc6c(c5)N(c5ccc([Si](C)(C)C)cc5)c5cc(C)cc7c5B6c5cc(C(C)(C)C)ccc5N7c5ccc(C(C)(C)C)cc5)cc4N(c4ccc([Si](C)(C)C)cc4)c4cc(C)cc2c43)cc1. The molecule has 0 radical (unpaired) electrons. The van der Waals surface area contributed by atoms with E-state index in [1.807, 2.05) is 0 Å². The highest BCUT2D eigenvalue weighted by atomic mass is 28.3. The van der Waals surface area contributed by atoms with Gasteiger partial charge in [-0.1, -0.05) is 310 Å². The average molecular weight is 1780 g/mol. The number of fused-ring (bicyclic) bond motifs is 12. The van der Waals surface area contributed by atoms with Crippen molar-refractivity contribution in [2.45, 2.75) is 217 Å². The molecule has 0 bridgehead atoms. The lowest BCUT2D eigenvalue weighted by molar-refractivity contribution is 0.590. The molecule has 0 saturated heterocycles. The van der Waals surface area contributed by atoms with E-state index in [1.165, 1.54) is 200 Å². The first-order valence-corrected chi connectivity index (χ1v) is 55.9. The summed E-state index contributed by atoms with van der Waals surface area (Å²) in [4.78, 5) is 15.8. The van der Waals surface area contributed by atoms with Crippen LogP contribution < -0.4 is 88.9 Å². The second-order valence-corrected chi connectivity index (χ2v) is 57.5. The van der Waals surface area contributed by atoms with Crippen molar-refractivity contribution in [1.82, 2.24) is 0 Å². The predicted octanol–water partition coefficient (Wildman–Crippen LogP) is 26.4. The van der Waals surface area contributed by atoms with E-state index >= 15 is 0 Å². The number of hydrogen-bond acceptors (Lipinski definition) is 6. The van der Waals surface area contributed by atoms with Gasteiger partial charge in [0, 0.05) is 108 Å². The van der Waals surface area contributed by atoms with E-state index < -0.39 is 21.6 Å². The monoisotopic (exact) mass is 1780 g/mol. The van der Waals surface area contributed by atoms with Gasteiger partial charge in [-0.3, -0.25) is 0 Å². The first-order valence-electron chi connectivity index (χ1n) is 48.9. The van der Waals surface area contributed by atoms with Gasteiger partial charge in [-0.2, -0.15) is 0 Å². The number of hydrogen-bond donors (Lipinski definition) is 0. The van der Waals surface area contributed by atoms with Crippen LogP contribution in [0.1, 0.15) is 183 Å². The van der Waals surface area contributed by atoms with Gasteiger partial charge in [0.2, 0.25) is 0 Å². The van der Waals surface area contributed by atoms with Crippen molar-refractivity contribution in [3.63, 3.8) is 0 Å². The molecule has 0 saturated carbocycles. The number of aryl methyl sites for hydroxylation is 5. The molecule has 0 spiro atoms. The molecule has 6 aliphatic heterocycles. The molecule has 11 heteroatoms. The minimum absolute atomic E-state index is 0.0144. The highest BCUT2D eigenvalue weighted by Gasteiger charge is 2.51. The second-order valence-electron chi connectivity index (χ2n) is 47.3. The van der Waals surface area contributed by atoms with E-state index in [1.54, 1.807) is 0 Å². The minimum Gasteiger partial charge on any atom is -0.311 e.